The van der Waals surface area contributed by atoms with Crippen molar-refractivity contribution in [2.45, 2.75) is 20.0 Å². The van der Waals surface area contributed by atoms with Crippen LogP contribution in [-0.2, 0) is 0 Å². The Kier molecular flexibility index (Phi) is 3.26. The van der Waals surface area contributed by atoms with E-state index in [4.69, 9.17) is 0 Å². The molecule has 0 bridgehead atoms. The van der Waals surface area contributed by atoms with Crippen LogP contribution < -0.4 is 0 Å². The lowest BCUT2D eigenvalue weighted by atomic mass is 9.93. The van der Waals surface area contributed by atoms with Crippen molar-refractivity contribution in [3.05, 3.63) is 47.5 Å². The SMILES string of the molecule is CC(C)C(O)CN1C(=O)c2cccc3cccc(c23)C1=O. The summed E-state index contributed by atoms with van der Waals surface area (Å²) in [7, 11) is 0. The van der Waals surface area contributed by atoms with Crippen molar-refractivity contribution in [1.29, 1.82) is 0 Å². The second kappa shape index (κ2) is 4.97. The number of carbonyl (C=O) groups excluding carboxylic acids is 2. The topological polar surface area (TPSA) is 57.6 Å². The standard InChI is InChI=1S/C17H17NO3/c1-10(2)14(19)9-18-16(20)12-7-3-5-11-6-4-8-13(15(11)12)17(18)21/h3-8,10,14,19H,9H2,1-2H3. The van der Waals surface area contributed by atoms with Crippen molar-refractivity contribution in [2.24, 2.45) is 5.92 Å². The average Bonchev–Trinajstić information content (AvgIpc) is 2.48. The predicted octanol–water partition coefficient (Wildman–Crippen LogP) is 2.45. The van der Waals surface area contributed by atoms with Gasteiger partial charge in [-0.25, -0.2) is 0 Å². The number of hydrogen-bond donors (Lipinski definition) is 1. The number of aliphatic hydroxyl groups is 1. The monoisotopic (exact) mass is 283 g/mol. The molecule has 1 unspecified atom stereocenters. The molecule has 108 valence electrons. The Morgan fingerprint density at radius 3 is 2.00 bits per heavy atom. The average molecular weight is 283 g/mol. The minimum Gasteiger partial charge on any atom is -0.391 e. The molecule has 3 rings (SSSR count). The van der Waals surface area contributed by atoms with E-state index in [0.717, 1.165) is 10.3 Å². The van der Waals surface area contributed by atoms with E-state index in [1.54, 1.807) is 12.1 Å². The number of β-amino-alcohol motifs (C(OH)–C–C–N with tert-alkyl or cyclic N) is 1. The summed E-state index contributed by atoms with van der Waals surface area (Å²) in [5.41, 5.74) is 1.05. The van der Waals surface area contributed by atoms with Gasteiger partial charge in [0.25, 0.3) is 11.8 Å². The van der Waals surface area contributed by atoms with Gasteiger partial charge in [0.1, 0.15) is 0 Å². The number of amides is 2. The fourth-order valence-electron chi connectivity index (χ4n) is 2.64. The first-order chi connectivity index (χ1) is 10.0. The number of rotatable bonds is 3. The first-order valence-electron chi connectivity index (χ1n) is 7.06. The van der Waals surface area contributed by atoms with Crippen LogP contribution >= 0.6 is 0 Å². The molecule has 0 saturated heterocycles. The molecule has 0 aliphatic carbocycles. The molecule has 1 aliphatic heterocycles. The summed E-state index contributed by atoms with van der Waals surface area (Å²) in [6.07, 6.45) is -0.720. The third-order valence-corrected chi connectivity index (χ3v) is 4.00. The third-order valence-electron chi connectivity index (χ3n) is 4.00. The van der Waals surface area contributed by atoms with Gasteiger partial charge >= 0.3 is 0 Å². The number of carbonyl (C=O) groups is 2. The Morgan fingerprint density at radius 1 is 1.00 bits per heavy atom. The molecule has 1 heterocycles. The van der Waals surface area contributed by atoms with Gasteiger partial charge in [-0.3, -0.25) is 14.5 Å². The predicted molar refractivity (Wildman–Crippen MR) is 80.2 cm³/mol. The minimum atomic E-state index is -0.720. The number of benzene rings is 2. The molecule has 1 aliphatic rings. The summed E-state index contributed by atoms with van der Waals surface area (Å²) in [5, 5.41) is 11.6. The maximum atomic E-state index is 12.6. The first-order valence-corrected chi connectivity index (χ1v) is 7.06. The van der Waals surface area contributed by atoms with E-state index in [9.17, 15) is 14.7 Å². The van der Waals surface area contributed by atoms with E-state index in [0.29, 0.717) is 16.5 Å². The third kappa shape index (κ3) is 2.12. The summed E-state index contributed by atoms with van der Waals surface area (Å²) in [5.74, 6) is -0.674. The van der Waals surface area contributed by atoms with Gasteiger partial charge in [0.15, 0.2) is 0 Å². The van der Waals surface area contributed by atoms with Crippen LogP contribution in [0.3, 0.4) is 0 Å². The van der Waals surface area contributed by atoms with Crippen LogP contribution in [0.4, 0.5) is 0 Å². The normalized spacial score (nSPS) is 15.9. The fraction of sp³-hybridized carbons (Fsp3) is 0.294. The van der Waals surface area contributed by atoms with Crippen LogP contribution in [0.2, 0.25) is 0 Å². The number of hydrogen-bond acceptors (Lipinski definition) is 3. The fourth-order valence-corrected chi connectivity index (χ4v) is 2.64. The molecular formula is C17H17NO3. The molecule has 21 heavy (non-hydrogen) atoms. The molecule has 4 heteroatoms. The molecule has 1 N–H and O–H groups in total. The first kappa shape index (κ1) is 13.8. The summed E-state index contributed by atoms with van der Waals surface area (Å²) in [4.78, 5) is 26.3. The molecule has 0 aromatic heterocycles. The Bertz CT molecular complexity index is 685. The summed E-state index contributed by atoms with van der Waals surface area (Å²) >= 11 is 0. The lowest BCUT2D eigenvalue weighted by Gasteiger charge is -2.29. The van der Waals surface area contributed by atoms with Crippen molar-refractivity contribution in [3.63, 3.8) is 0 Å². The summed E-state index contributed by atoms with van der Waals surface area (Å²) in [6.45, 7) is 3.75. The quantitative estimate of drug-likeness (QED) is 0.880. The highest BCUT2D eigenvalue weighted by Gasteiger charge is 2.34. The van der Waals surface area contributed by atoms with E-state index in [2.05, 4.69) is 0 Å². The molecule has 2 amide bonds. The molecule has 0 fully saturated rings. The molecule has 2 aromatic rings. The Hall–Kier alpha value is -2.20. The van der Waals surface area contributed by atoms with Crippen molar-refractivity contribution >= 4 is 22.6 Å². The van der Waals surface area contributed by atoms with Crippen molar-refractivity contribution in [1.82, 2.24) is 4.90 Å². The molecule has 4 nitrogen and oxygen atoms in total. The van der Waals surface area contributed by atoms with E-state index < -0.39 is 6.10 Å². The number of aliphatic hydroxyl groups excluding tert-OH is 1. The minimum absolute atomic E-state index is 0.0152. The smallest absolute Gasteiger partial charge is 0.261 e. The maximum absolute atomic E-state index is 12.6. The zero-order chi connectivity index (χ0) is 15.1. The van der Waals surface area contributed by atoms with Gasteiger partial charge in [0.05, 0.1) is 12.6 Å². The Labute approximate surface area is 123 Å². The van der Waals surface area contributed by atoms with Gasteiger partial charge in [-0.2, -0.15) is 0 Å². The van der Waals surface area contributed by atoms with E-state index in [1.165, 1.54) is 0 Å². The lowest BCUT2D eigenvalue weighted by molar-refractivity contribution is 0.0432. The van der Waals surface area contributed by atoms with Gasteiger partial charge < -0.3 is 5.11 Å². The van der Waals surface area contributed by atoms with Gasteiger partial charge in [-0.05, 0) is 23.4 Å². The zero-order valence-electron chi connectivity index (χ0n) is 12.0. The van der Waals surface area contributed by atoms with Gasteiger partial charge in [-0.15, -0.1) is 0 Å². The van der Waals surface area contributed by atoms with Crippen LogP contribution in [0.25, 0.3) is 10.8 Å². The lowest BCUT2D eigenvalue weighted by Crippen LogP contribution is -2.45. The van der Waals surface area contributed by atoms with Gasteiger partial charge in [-0.1, -0.05) is 38.1 Å². The molecule has 2 aromatic carbocycles. The van der Waals surface area contributed by atoms with Gasteiger partial charge in [0.2, 0.25) is 0 Å². The largest absolute Gasteiger partial charge is 0.391 e. The van der Waals surface area contributed by atoms with E-state index in [-0.39, 0.29) is 24.3 Å². The molecule has 0 spiro atoms. The highest BCUT2D eigenvalue weighted by atomic mass is 16.3. The summed E-state index contributed by atoms with van der Waals surface area (Å²) < 4.78 is 0. The van der Waals surface area contributed by atoms with Crippen molar-refractivity contribution in [3.8, 4) is 0 Å². The van der Waals surface area contributed by atoms with Crippen LogP contribution in [0.1, 0.15) is 34.6 Å². The van der Waals surface area contributed by atoms with Crippen molar-refractivity contribution < 1.29 is 14.7 Å². The Morgan fingerprint density at radius 2 is 1.52 bits per heavy atom. The van der Waals surface area contributed by atoms with E-state index in [1.807, 2.05) is 38.1 Å². The Balaban J connectivity index is 2.11. The zero-order valence-corrected chi connectivity index (χ0v) is 12.0. The highest BCUT2D eigenvalue weighted by Crippen LogP contribution is 2.30. The van der Waals surface area contributed by atoms with Crippen molar-refractivity contribution in [2.75, 3.05) is 6.54 Å². The van der Waals surface area contributed by atoms with Gasteiger partial charge in [0, 0.05) is 16.5 Å². The molecular weight excluding hydrogens is 266 g/mol. The number of nitrogens with zero attached hydrogens (tertiary/aromatic N) is 1. The summed E-state index contributed by atoms with van der Waals surface area (Å²) in [6, 6.07) is 10.9. The molecule has 0 saturated carbocycles. The number of imide groups is 1. The van der Waals surface area contributed by atoms with E-state index >= 15 is 0 Å². The second-order valence-corrected chi connectivity index (χ2v) is 5.74. The molecule has 0 radical (unpaired) electrons. The molecule has 1 atom stereocenters. The second-order valence-electron chi connectivity index (χ2n) is 5.74. The maximum Gasteiger partial charge on any atom is 0.261 e. The van der Waals surface area contributed by atoms with Crippen LogP contribution in [0.15, 0.2) is 36.4 Å². The highest BCUT2D eigenvalue weighted by molar-refractivity contribution is 6.25. The van der Waals surface area contributed by atoms with Crippen LogP contribution in [-0.4, -0.2) is 34.5 Å². The van der Waals surface area contributed by atoms with Crippen LogP contribution in [0.5, 0.6) is 0 Å². The van der Waals surface area contributed by atoms with Crippen LogP contribution in [0, 0.1) is 5.92 Å².